The molecule has 0 heterocycles. The molecule has 0 radical (unpaired) electrons. The molecule has 0 aromatic rings. The van der Waals surface area contributed by atoms with E-state index in [1.54, 1.807) is 0 Å². The van der Waals surface area contributed by atoms with Crippen molar-refractivity contribution in [3.8, 4) is 0 Å². The van der Waals surface area contributed by atoms with Crippen molar-refractivity contribution in [2.24, 2.45) is 5.92 Å². The Kier molecular flexibility index (Phi) is 2.42. The van der Waals surface area contributed by atoms with E-state index in [0.717, 1.165) is 25.2 Å². The molecule has 0 saturated heterocycles. The first-order valence-electron chi connectivity index (χ1n) is 3.56. The minimum Gasteiger partial charge on any atom is -0.392 e. The maximum Gasteiger partial charge on any atom is 0.0656 e. The SMILES string of the molecule is CC1CCC(O)C(S)C1. The summed E-state index contributed by atoms with van der Waals surface area (Å²) in [6, 6.07) is 0. The van der Waals surface area contributed by atoms with Gasteiger partial charge in [0.2, 0.25) is 0 Å². The second-order valence-corrected chi connectivity index (χ2v) is 3.72. The van der Waals surface area contributed by atoms with Crippen LogP contribution in [0.25, 0.3) is 0 Å². The van der Waals surface area contributed by atoms with Gasteiger partial charge in [0.05, 0.1) is 6.10 Å². The zero-order valence-corrected chi connectivity index (χ0v) is 6.64. The molecule has 1 saturated carbocycles. The van der Waals surface area contributed by atoms with E-state index >= 15 is 0 Å². The first-order chi connectivity index (χ1) is 4.20. The summed E-state index contributed by atoms with van der Waals surface area (Å²) in [7, 11) is 0. The van der Waals surface area contributed by atoms with Gasteiger partial charge in [-0.25, -0.2) is 0 Å². The second kappa shape index (κ2) is 2.93. The molecule has 1 aliphatic carbocycles. The largest absolute Gasteiger partial charge is 0.392 e. The van der Waals surface area contributed by atoms with Crippen molar-refractivity contribution >= 4 is 12.6 Å². The standard InChI is InChI=1S/C7H14OS/c1-5-2-3-6(8)7(9)4-5/h5-9H,2-4H2,1H3. The molecule has 1 fully saturated rings. The molecule has 1 rings (SSSR count). The average Bonchev–Trinajstić information content (AvgIpc) is 1.80. The lowest BCUT2D eigenvalue weighted by Crippen LogP contribution is -2.28. The molecule has 1 aliphatic rings. The molecule has 0 aromatic carbocycles. The van der Waals surface area contributed by atoms with Gasteiger partial charge in [0, 0.05) is 5.25 Å². The molecule has 0 aliphatic heterocycles. The number of hydrogen-bond donors (Lipinski definition) is 2. The van der Waals surface area contributed by atoms with E-state index in [1.807, 2.05) is 0 Å². The molecule has 54 valence electrons. The van der Waals surface area contributed by atoms with Gasteiger partial charge in [0.15, 0.2) is 0 Å². The van der Waals surface area contributed by atoms with E-state index < -0.39 is 0 Å². The van der Waals surface area contributed by atoms with Crippen molar-refractivity contribution < 1.29 is 5.11 Å². The lowest BCUT2D eigenvalue weighted by molar-refractivity contribution is 0.120. The Morgan fingerprint density at radius 1 is 1.44 bits per heavy atom. The molecule has 1 N–H and O–H groups in total. The highest BCUT2D eigenvalue weighted by Crippen LogP contribution is 2.27. The van der Waals surface area contributed by atoms with Gasteiger partial charge in [-0.15, -0.1) is 0 Å². The monoisotopic (exact) mass is 146 g/mol. The van der Waals surface area contributed by atoms with Crippen LogP contribution in [-0.2, 0) is 0 Å². The minimum absolute atomic E-state index is 0.149. The van der Waals surface area contributed by atoms with Crippen LogP contribution in [0.3, 0.4) is 0 Å². The van der Waals surface area contributed by atoms with Gasteiger partial charge in [0.1, 0.15) is 0 Å². The Bertz CT molecular complexity index is 94.9. The van der Waals surface area contributed by atoms with E-state index in [9.17, 15) is 5.11 Å². The summed E-state index contributed by atoms with van der Waals surface area (Å²) in [6.45, 7) is 2.22. The molecule has 0 amide bonds. The molecule has 0 spiro atoms. The molecule has 3 unspecified atom stereocenters. The summed E-state index contributed by atoms with van der Waals surface area (Å²) >= 11 is 4.27. The van der Waals surface area contributed by atoms with Crippen molar-refractivity contribution in [3.63, 3.8) is 0 Å². The Hall–Kier alpha value is 0.310. The minimum atomic E-state index is -0.149. The van der Waals surface area contributed by atoms with Crippen molar-refractivity contribution in [1.82, 2.24) is 0 Å². The van der Waals surface area contributed by atoms with E-state index in [4.69, 9.17) is 0 Å². The highest BCUT2D eigenvalue weighted by atomic mass is 32.1. The van der Waals surface area contributed by atoms with E-state index in [-0.39, 0.29) is 11.4 Å². The van der Waals surface area contributed by atoms with Gasteiger partial charge < -0.3 is 5.11 Å². The summed E-state index contributed by atoms with van der Waals surface area (Å²) in [6.07, 6.45) is 3.03. The fourth-order valence-corrected chi connectivity index (χ4v) is 1.84. The van der Waals surface area contributed by atoms with Crippen LogP contribution in [0.2, 0.25) is 0 Å². The van der Waals surface area contributed by atoms with Crippen molar-refractivity contribution in [2.45, 2.75) is 37.5 Å². The fourth-order valence-electron chi connectivity index (χ4n) is 1.33. The van der Waals surface area contributed by atoms with E-state index in [0.29, 0.717) is 0 Å². The van der Waals surface area contributed by atoms with Crippen LogP contribution in [0.5, 0.6) is 0 Å². The molecule has 3 atom stereocenters. The summed E-state index contributed by atoms with van der Waals surface area (Å²) in [4.78, 5) is 0. The fraction of sp³-hybridized carbons (Fsp3) is 1.00. The summed E-state index contributed by atoms with van der Waals surface area (Å²) in [5, 5.41) is 9.45. The van der Waals surface area contributed by atoms with Gasteiger partial charge in [-0.3, -0.25) is 0 Å². The normalized spacial score (nSPS) is 45.0. The number of thiol groups is 1. The van der Waals surface area contributed by atoms with Crippen LogP contribution in [0.1, 0.15) is 26.2 Å². The van der Waals surface area contributed by atoms with Crippen LogP contribution in [0.15, 0.2) is 0 Å². The van der Waals surface area contributed by atoms with Crippen LogP contribution in [0.4, 0.5) is 0 Å². The highest BCUT2D eigenvalue weighted by molar-refractivity contribution is 7.81. The van der Waals surface area contributed by atoms with Crippen LogP contribution < -0.4 is 0 Å². The van der Waals surface area contributed by atoms with Crippen LogP contribution >= 0.6 is 12.6 Å². The van der Waals surface area contributed by atoms with Crippen LogP contribution in [0, 0.1) is 5.92 Å². The molecule has 0 bridgehead atoms. The van der Waals surface area contributed by atoms with Gasteiger partial charge >= 0.3 is 0 Å². The lowest BCUT2D eigenvalue weighted by atomic mass is 9.88. The van der Waals surface area contributed by atoms with E-state index in [2.05, 4.69) is 19.6 Å². The average molecular weight is 146 g/mol. The number of rotatable bonds is 0. The molecule has 9 heavy (non-hydrogen) atoms. The predicted octanol–water partition coefficient (Wildman–Crippen LogP) is 1.47. The topological polar surface area (TPSA) is 20.2 Å². The van der Waals surface area contributed by atoms with E-state index in [1.165, 1.54) is 0 Å². The molecule has 2 heteroatoms. The Morgan fingerprint density at radius 3 is 2.56 bits per heavy atom. The maximum atomic E-state index is 9.22. The van der Waals surface area contributed by atoms with Crippen molar-refractivity contribution in [1.29, 1.82) is 0 Å². The van der Waals surface area contributed by atoms with Gasteiger partial charge in [0.25, 0.3) is 0 Å². The Balaban J connectivity index is 2.35. The highest BCUT2D eigenvalue weighted by Gasteiger charge is 2.23. The molecule has 1 nitrogen and oxygen atoms in total. The maximum absolute atomic E-state index is 9.22. The van der Waals surface area contributed by atoms with Crippen molar-refractivity contribution in [3.05, 3.63) is 0 Å². The molecule has 0 aromatic heterocycles. The van der Waals surface area contributed by atoms with Crippen LogP contribution in [-0.4, -0.2) is 16.5 Å². The van der Waals surface area contributed by atoms with Gasteiger partial charge in [-0.2, -0.15) is 12.6 Å². The Morgan fingerprint density at radius 2 is 2.11 bits per heavy atom. The third kappa shape index (κ3) is 1.87. The first-order valence-corrected chi connectivity index (χ1v) is 4.08. The molecular weight excluding hydrogens is 132 g/mol. The zero-order valence-electron chi connectivity index (χ0n) is 5.75. The summed E-state index contributed by atoms with van der Waals surface area (Å²) < 4.78 is 0. The van der Waals surface area contributed by atoms with Gasteiger partial charge in [-0.05, 0) is 25.2 Å². The smallest absolute Gasteiger partial charge is 0.0656 e. The first kappa shape index (κ1) is 7.42. The lowest BCUT2D eigenvalue weighted by Gasteiger charge is -2.27. The van der Waals surface area contributed by atoms with Crippen molar-refractivity contribution in [2.75, 3.05) is 0 Å². The number of hydrogen-bond acceptors (Lipinski definition) is 2. The zero-order chi connectivity index (χ0) is 6.85. The summed E-state index contributed by atoms with van der Waals surface area (Å²) in [5.41, 5.74) is 0. The molecular formula is C7H14OS. The third-order valence-electron chi connectivity index (χ3n) is 2.04. The van der Waals surface area contributed by atoms with Gasteiger partial charge in [-0.1, -0.05) is 6.92 Å². The quantitative estimate of drug-likeness (QED) is 0.496. The Labute approximate surface area is 61.9 Å². The predicted molar refractivity (Wildman–Crippen MR) is 41.8 cm³/mol. The number of aliphatic hydroxyl groups excluding tert-OH is 1. The second-order valence-electron chi connectivity index (χ2n) is 3.05. The third-order valence-corrected chi connectivity index (χ3v) is 2.60. The summed E-state index contributed by atoms with van der Waals surface area (Å²) in [5.74, 6) is 0.760. The number of aliphatic hydroxyl groups is 1.